The summed E-state index contributed by atoms with van der Waals surface area (Å²) in [6.07, 6.45) is 7.43. The summed E-state index contributed by atoms with van der Waals surface area (Å²) in [5.41, 5.74) is 1.29. The zero-order chi connectivity index (χ0) is 20.6. The van der Waals surface area contributed by atoms with Gasteiger partial charge in [-0.25, -0.2) is 0 Å². The number of fused-ring (bicyclic) bond motifs is 1. The van der Waals surface area contributed by atoms with Crippen LogP contribution in [0.4, 0.5) is 0 Å². The molecule has 2 saturated heterocycles. The smallest absolute Gasteiger partial charge is 0.193 e. The van der Waals surface area contributed by atoms with Gasteiger partial charge >= 0.3 is 0 Å². The molecular formula is C24H34IN3O3. The van der Waals surface area contributed by atoms with Gasteiger partial charge in [-0.1, -0.05) is 12.1 Å². The molecule has 3 heterocycles. The number of methoxy groups -OCH3 is 1. The molecule has 4 rings (SSSR count). The van der Waals surface area contributed by atoms with Crippen molar-refractivity contribution < 1.29 is 13.9 Å². The summed E-state index contributed by atoms with van der Waals surface area (Å²) >= 11 is 0. The van der Waals surface area contributed by atoms with E-state index in [4.69, 9.17) is 18.9 Å². The van der Waals surface area contributed by atoms with E-state index < -0.39 is 0 Å². The third kappa shape index (κ3) is 6.87. The molecule has 2 fully saturated rings. The molecule has 2 unspecified atom stereocenters. The molecule has 6 nitrogen and oxygen atoms in total. The van der Waals surface area contributed by atoms with Crippen LogP contribution < -0.4 is 10.1 Å². The number of nitrogens with zero attached hydrogens (tertiary/aromatic N) is 2. The molecule has 170 valence electrons. The predicted molar refractivity (Wildman–Crippen MR) is 133 cm³/mol. The van der Waals surface area contributed by atoms with Crippen LogP contribution in [0, 0.1) is 5.92 Å². The van der Waals surface area contributed by atoms with E-state index in [2.05, 4.69) is 22.3 Å². The Morgan fingerprint density at radius 3 is 2.84 bits per heavy atom. The highest BCUT2D eigenvalue weighted by Gasteiger charge is 2.33. The Balaban J connectivity index is 0.00000272. The van der Waals surface area contributed by atoms with E-state index in [0.717, 1.165) is 69.5 Å². The lowest BCUT2D eigenvalue weighted by Gasteiger charge is -2.42. The van der Waals surface area contributed by atoms with Crippen molar-refractivity contribution >= 4 is 29.9 Å². The van der Waals surface area contributed by atoms with Gasteiger partial charge in [-0.15, -0.1) is 24.0 Å². The normalized spacial score (nSPS) is 21.2. The average Bonchev–Trinajstić information content (AvgIpc) is 3.32. The number of hydrogen-bond donors (Lipinski definition) is 1. The highest BCUT2D eigenvalue weighted by Crippen LogP contribution is 2.28. The quantitative estimate of drug-likeness (QED) is 0.326. The van der Waals surface area contributed by atoms with Crippen molar-refractivity contribution in [1.82, 2.24) is 10.2 Å². The largest absolute Gasteiger partial charge is 0.497 e. The maximum absolute atomic E-state index is 5.99. The second-order valence-electron chi connectivity index (χ2n) is 8.11. The minimum absolute atomic E-state index is 0. The molecule has 2 aliphatic heterocycles. The number of ether oxygens (including phenoxy) is 2. The molecule has 0 amide bonds. The van der Waals surface area contributed by atoms with Crippen LogP contribution in [0.3, 0.4) is 0 Å². The second kappa shape index (κ2) is 12.3. The number of nitrogens with one attached hydrogen (secondary N) is 1. The highest BCUT2D eigenvalue weighted by atomic mass is 127. The monoisotopic (exact) mass is 539 g/mol. The lowest BCUT2D eigenvalue weighted by Crippen LogP contribution is -2.52. The van der Waals surface area contributed by atoms with Crippen molar-refractivity contribution in [2.45, 2.75) is 38.2 Å². The first-order chi connectivity index (χ1) is 14.8. The Labute approximate surface area is 202 Å². The third-order valence-corrected chi connectivity index (χ3v) is 6.07. The van der Waals surface area contributed by atoms with Crippen molar-refractivity contribution in [3.8, 4) is 5.75 Å². The number of aliphatic imine (C=N–C) groups is 1. The van der Waals surface area contributed by atoms with Crippen LogP contribution in [0.1, 0.15) is 30.6 Å². The Kier molecular flexibility index (Phi) is 9.52. The van der Waals surface area contributed by atoms with E-state index in [1.54, 1.807) is 13.4 Å². The van der Waals surface area contributed by atoms with Gasteiger partial charge in [0.25, 0.3) is 0 Å². The van der Waals surface area contributed by atoms with E-state index in [0.29, 0.717) is 12.0 Å². The first-order valence-corrected chi connectivity index (χ1v) is 11.1. The van der Waals surface area contributed by atoms with Gasteiger partial charge in [0, 0.05) is 45.1 Å². The number of guanidine groups is 1. The molecular weight excluding hydrogens is 505 g/mol. The number of hydrogen-bond acceptors (Lipinski definition) is 4. The minimum Gasteiger partial charge on any atom is -0.497 e. The first kappa shape index (κ1) is 23.9. The molecule has 0 aliphatic carbocycles. The van der Waals surface area contributed by atoms with Crippen molar-refractivity contribution in [3.05, 3.63) is 54.0 Å². The van der Waals surface area contributed by atoms with Crippen molar-refractivity contribution in [3.63, 3.8) is 0 Å². The Morgan fingerprint density at radius 1 is 1.19 bits per heavy atom. The number of halogens is 1. The summed E-state index contributed by atoms with van der Waals surface area (Å²) < 4.78 is 16.7. The van der Waals surface area contributed by atoms with Crippen LogP contribution in [-0.2, 0) is 17.6 Å². The summed E-state index contributed by atoms with van der Waals surface area (Å²) in [5.74, 6) is 3.51. The van der Waals surface area contributed by atoms with E-state index in [9.17, 15) is 0 Å². The lowest BCUT2D eigenvalue weighted by atomic mass is 9.88. The summed E-state index contributed by atoms with van der Waals surface area (Å²) in [6, 6.07) is 12.2. The fourth-order valence-corrected chi connectivity index (χ4v) is 4.39. The topological polar surface area (TPSA) is 59.2 Å². The van der Waals surface area contributed by atoms with Crippen molar-refractivity contribution in [2.24, 2.45) is 10.9 Å². The Hall–Kier alpha value is -1.74. The summed E-state index contributed by atoms with van der Waals surface area (Å²) in [5, 5.41) is 3.62. The molecule has 1 aromatic heterocycles. The van der Waals surface area contributed by atoms with E-state index in [1.165, 1.54) is 18.4 Å². The Bertz CT molecular complexity index is 795. The number of rotatable bonds is 7. The summed E-state index contributed by atoms with van der Waals surface area (Å²) in [6.45, 7) is 4.52. The van der Waals surface area contributed by atoms with Gasteiger partial charge < -0.3 is 24.1 Å². The summed E-state index contributed by atoms with van der Waals surface area (Å²) in [4.78, 5) is 7.35. The maximum Gasteiger partial charge on any atom is 0.193 e. The SMILES string of the molecule is COc1ccc(CCNC(=NCCc2ccco2)N2CCC3OCCCC3C2)cc1.I. The molecule has 2 aliphatic rings. The molecule has 2 aromatic rings. The molecule has 7 heteroatoms. The van der Waals surface area contributed by atoms with Crippen LogP contribution in [-0.4, -0.2) is 56.9 Å². The van der Waals surface area contributed by atoms with E-state index in [-0.39, 0.29) is 24.0 Å². The number of benzene rings is 1. The fraction of sp³-hybridized carbons (Fsp3) is 0.542. The van der Waals surface area contributed by atoms with Crippen LogP contribution >= 0.6 is 24.0 Å². The van der Waals surface area contributed by atoms with Gasteiger partial charge in [-0.3, -0.25) is 4.99 Å². The number of likely N-dealkylation sites (tertiary alicyclic amines) is 1. The molecule has 31 heavy (non-hydrogen) atoms. The zero-order valence-corrected chi connectivity index (χ0v) is 20.6. The average molecular weight is 539 g/mol. The van der Waals surface area contributed by atoms with Gasteiger partial charge in [0.05, 0.1) is 19.5 Å². The zero-order valence-electron chi connectivity index (χ0n) is 18.3. The molecule has 1 aromatic carbocycles. The first-order valence-electron chi connectivity index (χ1n) is 11.1. The minimum atomic E-state index is 0. The molecule has 0 spiro atoms. The summed E-state index contributed by atoms with van der Waals surface area (Å²) in [7, 11) is 1.70. The van der Waals surface area contributed by atoms with Crippen LogP contribution in [0.15, 0.2) is 52.1 Å². The number of furan rings is 1. The van der Waals surface area contributed by atoms with Gasteiger partial charge in [-0.2, -0.15) is 0 Å². The van der Waals surface area contributed by atoms with Gasteiger partial charge in [-0.05, 0) is 55.5 Å². The third-order valence-electron chi connectivity index (χ3n) is 6.07. The Morgan fingerprint density at radius 2 is 2.06 bits per heavy atom. The van der Waals surface area contributed by atoms with Gasteiger partial charge in [0.1, 0.15) is 11.5 Å². The molecule has 0 bridgehead atoms. The fourth-order valence-electron chi connectivity index (χ4n) is 4.39. The molecule has 0 saturated carbocycles. The maximum atomic E-state index is 5.99. The van der Waals surface area contributed by atoms with Crippen LogP contribution in [0.25, 0.3) is 0 Å². The van der Waals surface area contributed by atoms with E-state index in [1.807, 2.05) is 24.3 Å². The number of piperidine rings is 1. The highest BCUT2D eigenvalue weighted by molar-refractivity contribution is 14.0. The molecule has 0 radical (unpaired) electrons. The van der Waals surface area contributed by atoms with E-state index >= 15 is 0 Å². The second-order valence-corrected chi connectivity index (χ2v) is 8.11. The standard InChI is InChI=1S/C24H33N3O3.HI/c1-28-21-8-6-19(7-9-21)10-13-25-24(26-14-11-22-5-3-16-29-22)27-15-12-23-20(18-27)4-2-17-30-23;/h3,5-9,16,20,23H,2,4,10-15,17-18H2,1H3,(H,25,26);1H. The van der Waals surface area contributed by atoms with Gasteiger partial charge in [0.2, 0.25) is 0 Å². The van der Waals surface area contributed by atoms with Crippen LogP contribution in [0.5, 0.6) is 5.75 Å². The van der Waals surface area contributed by atoms with Crippen molar-refractivity contribution in [1.29, 1.82) is 0 Å². The molecule has 2 atom stereocenters. The van der Waals surface area contributed by atoms with Gasteiger partial charge in [0.15, 0.2) is 5.96 Å². The van der Waals surface area contributed by atoms with Crippen LogP contribution in [0.2, 0.25) is 0 Å². The van der Waals surface area contributed by atoms with Crippen molar-refractivity contribution in [2.75, 3.05) is 39.9 Å². The lowest BCUT2D eigenvalue weighted by molar-refractivity contribution is -0.0559. The predicted octanol–water partition coefficient (Wildman–Crippen LogP) is 4.14. The molecule has 1 N–H and O–H groups in total.